The van der Waals surface area contributed by atoms with E-state index < -0.39 is 11.7 Å². The van der Waals surface area contributed by atoms with Gasteiger partial charge in [-0.05, 0) is 36.2 Å². The minimum atomic E-state index is -0.643. The van der Waals surface area contributed by atoms with Gasteiger partial charge in [0.15, 0.2) is 0 Å². The minimum Gasteiger partial charge on any atom is -0.496 e. The number of aromatic amines is 1. The molecule has 0 fully saturated rings. The fourth-order valence-electron chi connectivity index (χ4n) is 2.70. The highest BCUT2D eigenvalue weighted by Crippen LogP contribution is 2.23. The highest BCUT2D eigenvalue weighted by molar-refractivity contribution is 6.45. The van der Waals surface area contributed by atoms with Gasteiger partial charge in [-0.25, -0.2) is 0 Å². The lowest BCUT2D eigenvalue weighted by Crippen LogP contribution is -2.32. The number of Topliss-reactive ketones (excluding diaryl/α,β-unsaturated/α-hetero) is 1. The van der Waals surface area contributed by atoms with Crippen molar-refractivity contribution < 1.29 is 14.3 Å². The maximum absolute atomic E-state index is 12.4. The predicted octanol–water partition coefficient (Wildman–Crippen LogP) is 3.37. The average Bonchev–Trinajstić information content (AvgIpc) is 3.04. The number of aromatic nitrogens is 1. The first-order chi connectivity index (χ1) is 12.1. The van der Waals surface area contributed by atoms with E-state index in [1.165, 1.54) is 6.20 Å². The van der Waals surface area contributed by atoms with Crippen molar-refractivity contribution in [3.05, 3.63) is 64.8 Å². The fourth-order valence-corrected chi connectivity index (χ4v) is 2.88. The SMILES string of the molecule is COc1ccccc1CCNC(=O)C(=O)c1c[nH]c2ccc(Cl)cc12. The van der Waals surface area contributed by atoms with Crippen LogP contribution in [-0.4, -0.2) is 30.3 Å². The van der Waals surface area contributed by atoms with Gasteiger partial charge in [-0.1, -0.05) is 29.8 Å². The smallest absolute Gasteiger partial charge is 0.292 e. The highest BCUT2D eigenvalue weighted by atomic mass is 35.5. The zero-order valence-electron chi connectivity index (χ0n) is 13.6. The number of ketones is 1. The normalized spacial score (nSPS) is 10.6. The number of carbonyl (C=O) groups is 2. The van der Waals surface area contributed by atoms with E-state index in [0.29, 0.717) is 28.9 Å². The molecule has 0 radical (unpaired) electrons. The number of rotatable bonds is 6. The Kier molecular flexibility index (Phi) is 5.05. The number of para-hydroxylation sites is 1. The van der Waals surface area contributed by atoms with Crippen molar-refractivity contribution >= 4 is 34.2 Å². The summed E-state index contributed by atoms with van der Waals surface area (Å²) < 4.78 is 5.27. The molecule has 0 aliphatic heterocycles. The van der Waals surface area contributed by atoms with Gasteiger partial charge in [0.05, 0.1) is 12.7 Å². The minimum absolute atomic E-state index is 0.312. The molecule has 3 aromatic rings. The number of hydrogen-bond acceptors (Lipinski definition) is 3. The van der Waals surface area contributed by atoms with Crippen LogP contribution in [0.3, 0.4) is 0 Å². The summed E-state index contributed by atoms with van der Waals surface area (Å²) in [7, 11) is 1.60. The number of methoxy groups -OCH3 is 1. The molecule has 5 nitrogen and oxygen atoms in total. The van der Waals surface area contributed by atoms with E-state index in [2.05, 4.69) is 10.3 Å². The van der Waals surface area contributed by atoms with Crippen LogP contribution in [0.5, 0.6) is 5.75 Å². The Morgan fingerprint density at radius 2 is 2.00 bits per heavy atom. The maximum Gasteiger partial charge on any atom is 0.292 e. The fraction of sp³-hybridized carbons (Fsp3) is 0.158. The van der Waals surface area contributed by atoms with Gasteiger partial charge in [0.1, 0.15) is 5.75 Å². The molecule has 1 aromatic heterocycles. The third-order valence-electron chi connectivity index (χ3n) is 3.97. The van der Waals surface area contributed by atoms with Gasteiger partial charge in [0.25, 0.3) is 11.7 Å². The molecule has 0 unspecified atom stereocenters. The van der Waals surface area contributed by atoms with Crippen molar-refractivity contribution in [2.24, 2.45) is 0 Å². The first-order valence-corrected chi connectivity index (χ1v) is 8.19. The van der Waals surface area contributed by atoms with Crippen molar-refractivity contribution in [3.8, 4) is 5.75 Å². The zero-order valence-corrected chi connectivity index (χ0v) is 14.4. The summed E-state index contributed by atoms with van der Waals surface area (Å²) in [6.45, 7) is 0.341. The standard InChI is InChI=1S/C19H17ClN2O3/c1-25-17-5-3-2-4-12(17)8-9-21-19(24)18(23)15-11-22-16-7-6-13(20)10-14(15)16/h2-7,10-11,22H,8-9H2,1H3,(H,21,24). The number of ether oxygens (including phenoxy) is 1. The number of nitrogens with one attached hydrogen (secondary N) is 2. The van der Waals surface area contributed by atoms with Crippen LogP contribution >= 0.6 is 11.6 Å². The molecule has 2 aromatic carbocycles. The van der Waals surface area contributed by atoms with E-state index >= 15 is 0 Å². The Labute approximate surface area is 149 Å². The van der Waals surface area contributed by atoms with Crippen molar-refractivity contribution in [2.45, 2.75) is 6.42 Å². The molecule has 0 aliphatic rings. The molecule has 0 atom stereocenters. The summed E-state index contributed by atoms with van der Waals surface area (Å²) >= 11 is 5.97. The topological polar surface area (TPSA) is 71.2 Å². The number of amides is 1. The van der Waals surface area contributed by atoms with Crippen LogP contribution in [0.2, 0.25) is 5.02 Å². The number of H-pyrrole nitrogens is 1. The molecular formula is C19H17ClN2O3. The Bertz CT molecular complexity index is 933. The van der Waals surface area contributed by atoms with Gasteiger partial charge in [-0.3, -0.25) is 9.59 Å². The van der Waals surface area contributed by atoms with E-state index in [4.69, 9.17) is 16.3 Å². The number of benzene rings is 2. The average molecular weight is 357 g/mol. The molecule has 6 heteroatoms. The van der Waals surface area contributed by atoms with Gasteiger partial charge in [0.2, 0.25) is 0 Å². The van der Waals surface area contributed by atoms with Crippen LogP contribution in [0.25, 0.3) is 10.9 Å². The summed E-state index contributed by atoms with van der Waals surface area (Å²) in [6.07, 6.45) is 2.10. The molecule has 2 N–H and O–H groups in total. The van der Waals surface area contributed by atoms with Crippen molar-refractivity contribution in [1.29, 1.82) is 0 Å². The maximum atomic E-state index is 12.4. The van der Waals surface area contributed by atoms with Gasteiger partial charge >= 0.3 is 0 Å². The molecule has 0 saturated heterocycles. The van der Waals surface area contributed by atoms with E-state index in [1.807, 2.05) is 24.3 Å². The van der Waals surface area contributed by atoms with Gasteiger partial charge in [-0.15, -0.1) is 0 Å². The molecule has 25 heavy (non-hydrogen) atoms. The molecular weight excluding hydrogens is 340 g/mol. The molecule has 0 aliphatic carbocycles. The van der Waals surface area contributed by atoms with Crippen LogP contribution in [0.15, 0.2) is 48.7 Å². The quantitative estimate of drug-likeness (QED) is 0.525. The van der Waals surface area contributed by atoms with Crippen LogP contribution in [0.4, 0.5) is 0 Å². The Hall–Kier alpha value is -2.79. The van der Waals surface area contributed by atoms with Gasteiger partial charge < -0.3 is 15.0 Å². The van der Waals surface area contributed by atoms with Crippen LogP contribution < -0.4 is 10.1 Å². The molecule has 1 amide bonds. The summed E-state index contributed by atoms with van der Waals surface area (Å²) in [5, 5.41) is 3.81. The first kappa shape index (κ1) is 17.0. The summed E-state index contributed by atoms with van der Waals surface area (Å²) in [5.74, 6) is -0.473. The summed E-state index contributed by atoms with van der Waals surface area (Å²) in [5.41, 5.74) is 2.04. The predicted molar refractivity (Wildman–Crippen MR) is 97.3 cm³/mol. The Morgan fingerprint density at radius 3 is 2.80 bits per heavy atom. The first-order valence-electron chi connectivity index (χ1n) is 7.81. The van der Waals surface area contributed by atoms with Crippen molar-refractivity contribution in [3.63, 3.8) is 0 Å². The second-order valence-electron chi connectivity index (χ2n) is 5.54. The van der Waals surface area contributed by atoms with E-state index in [9.17, 15) is 9.59 Å². The van der Waals surface area contributed by atoms with Crippen molar-refractivity contribution in [1.82, 2.24) is 10.3 Å². The third-order valence-corrected chi connectivity index (χ3v) is 4.20. The second kappa shape index (κ2) is 7.40. The number of halogens is 1. The summed E-state index contributed by atoms with van der Waals surface area (Å²) in [6, 6.07) is 12.7. The third kappa shape index (κ3) is 3.67. The zero-order chi connectivity index (χ0) is 17.8. The largest absolute Gasteiger partial charge is 0.496 e. The van der Waals surface area contributed by atoms with E-state index in [0.717, 1.165) is 16.8 Å². The summed E-state index contributed by atoms with van der Waals surface area (Å²) in [4.78, 5) is 27.5. The Balaban J connectivity index is 1.66. The second-order valence-corrected chi connectivity index (χ2v) is 5.98. The van der Waals surface area contributed by atoms with Crippen LogP contribution in [-0.2, 0) is 11.2 Å². The van der Waals surface area contributed by atoms with Crippen LogP contribution in [0.1, 0.15) is 15.9 Å². The molecule has 0 bridgehead atoms. The van der Waals surface area contributed by atoms with E-state index in [-0.39, 0.29) is 0 Å². The Morgan fingerprint density at radius 1 is 1.20 bits per heavy atom. The van der Waals surface area contributed by atoms with Crippen LogP contribution in [0, 0.1) is 0 Å². The van der Waals surface area contributed by atoms with Gasteiger partial charge in [-0.2, -0.15) is 0 Å². The molecule has 0 saturated carbocycles. The lowest BCUT2D eigenvalue weighted by Gasteiger charge is -2.08. The lowest BCUT2D eigenvalue weighted by molar-refractivity contribution is -0.116. The van der Waals surface area contributed by atoms with E-state index in [1.54, 1.807) is 25.3 Å². The van der Waals surface area contributed by atoms with Gasteiger partial charge in [0, 0.05) is 28.7 Å². The number of fused-ring (bicyclic) bond motifs is 1. The number of hydrogen-bond donors (Lipinski definition) is 2. The molecule has 0 spiro atoms. The molecule has 128 valence electrons. The van der Waals surface area contributed by atoms with Crippen molar-refractivity contribution in [2.75, 3.05) is 13.7 Å². The molecule has 1 heterocycles. The number of carbonyl (C=O) groups excluding carboxylic acids is 2. The molecule has 3 rings (SSSR count). The highest BCUT2D eigenvalue weighted by Gasteiger charge is 2.19. The lowest BCUT2D eigenvalue weighted by atomic mass is 10.1. The monoisotopic (exact) mass is 356 g/mol.